The average Bonchev–Trinajstić information content (AvgIpc) is 2.58. The molecule has 0 atom stereocenters. The molecule has 3 heteroatoms. The van der Waals surface area contributed by atoms with E-state index in [1.54, 1.807) is 11.8 Å². The summed E-state index contributed by atoms with van der Waals surface area (Å²) in [6.45, 7) is 4.92. The van der Waals surface area contributed by atoms with Gasteiger partial charge in [0, 0.05) is 11.4 Å². The Morgan fingerprint density at radius 3 is 2.45 bits per heavy atom. The van der Waals surface area contributed by atoms with E-state index in [-0.39, 0.29) is 5.91 Å². The maximum atomic E-state index is 12.0. The van der Waals surface area contributed by atoms with Crippen molar-refractivity contribution in [1.82, 2.24) is 5.32 Å². The van der Waals surface area contributed by atoms with Gasteiger partial charge in [-0.2, -0.15) is 0 Å². The molecule has 0 saturated carbocycles. The molecule has 0 unspecified atom stereocenters. The normalized spacial score (nSPS) is 10.5. The van der Waals surface area contributed by atoms with Crippen molar-refractivity contribution in [3.05, 3.63) is 65.2 Å². The van der Waals surface area contributed by atoms with Crippen molar-refractivity contribution in [2.75, 3.05) is 5.75 Å². The molecule has 0 fully saturated rings. The van der Waals surface area contributed by atoms with E-state index < -0.39 is 0 Å². The molecular weight excluding hydrogens is 290 g/mol. The largest absolute Gasteiger partial charge is 0.351 e. The number of amides is 1. The van der Waals surface area contributed by atoms with Gasteiger partial charge in [0.25, 0.3) is 0 Å². The van der Waals surface area contributed by atoms with Crippen molar-refractivity contribution in [1.29, 1.82) is 0 Å². The van der Waals surface area contributed by atoms with E-state index in [0.29, 0.717) is 12.3 Å². The second-order valence-electron chi connectivity index (χ2n) is 5.19. The van der Waals surface area contributed by atoms with Crippen LogP contribution >= 0.6 is 11.8 Å². The van der Waals surface area contributed by atoms with Crippen molar-refractivity contribution in [2.24, 2.45) is 0 Å². The monoisotopic (exact) mass is 313 g/mol. The van der Waals surface area contributed by atoms with Crippen LogP contribution in [0.1, 0.15) is 30.5 Å². The van der Waals surface area contributed by atoms with Crippen LogP contribution in [0.3, 0.4) is 0 Å². The zero-order valence-electron chi connectivity index (χ0n) is 13.3. The van der Waals surface area contributed by atoms with Gasteiger partial charge < -0.3 is 5.32 Å². The number of nitrogens with one attached hydrogen (secondary N) is 1. The molecule has 0 saturated heterocycles. The lowest BCUT2D eigenvalue weighted by molar-refractivity contribution is -0.118. The summed E-state index contributed by atoms with van der Waals surface area (Å²) in [4.78, 5) is 13.1. The minimum absolute atomic E-state index is 0.0813. The maximum absolute atomic E-state index is 12.0. The van der Waals surface area contributed by atoms with Crippen LogP contribution in [0.4, 0.5) is 0 Å². The lowest BCUT2D eigenvalue weighted by Gasteiger charge is -2.11. The Balaban J connectivity index is 1.88. The molecule has 0 aliphatic carbocycles. The van der Waals surface area contributed by atoms with Crippen LogP contribution in [-0.2, 0) is 24.2 Å². The molecule has 2 nitrogen and oxygen atoms in total. The van der Waals surface area contributed by atoms with Crippen molar-refractivity contribution < 1.29 is 4.79 Å². The first-order valence-electron chi connectivity index (χ1n) is 7.78. The summed E-state index contributed by atoms with van der Waals surface area (Å²) >= 11 is 1.57. The number of rotatable bonds is 7. The molecule has 0 spiro atoms. The molecule has 22 heavy (non-hydrogen) atoms. The third-order valence-corrected chi connectivity index (χ3v) is 4.66. The van der Waals surface area contributed by atoms with Gasteiger partial charge in [-0.05, 0) is 41.7 Å². The first kappa shape index (κ1) is 16.6. The molecule has 0 aliphatic rings. The third-order valence-electron chi connectivity index (χ3n) is 3.65. The summed E-state index contributed by atoms with van der Waals surface area (Å²) < 4.78 is 0. The Hall–Kier alpha value is -1.74. The molecule has 0 bridgehead atoms. The summed E-state index contributed by atoms with van der Waals surface area (Å²) in [5.41, 5.74) is 3.87. The quantitative estimate of drug-likeness (QED) is 0.775. The SMILES string of the molecule is CCc1ccc(CC)c(CNC(=O)CSc2ccccc2)c1. The molecule has 0 radical (unpaired) electrons. The lowest BCUT2D eigenvalue weighted by Crippen LogP contribution is -2.25. The van der Waals surface area contributed by atoms with E-state index in [2.05, 4.69) is 37.4 Å². The highest BCUT2D eigenvalue weighted by Gasteiger charge is 2.06. The van der Waals surface area contributed by atoms with Crippen molar-refractivity contribution in [2.45, 2.75) is 38.1 Å². The molecular formula is C19H23NOS. The topological polar surface area (TPSA) is 29.1 Å². The molecule has 1 N–H and O–H groups in total. The Morgan fingerprint density at radius 1 is 1.00 bits per heavy atom. The molecule has 0 heterocycles. The van der Waals surface area contributed by atoms with Gasteiger partial charge in [0.2, 0.25) is 5.91 Å². The van der Waals surface area contributed by atoms with Gasteiger partial charge in [-0.25, -0.2) is 0 Å². The van der Waals surface area contributed by atoms with Gasteiger partial charge in [0.15, 0.2) is 0 Å². The van der Waals surface area contributed by atoms with E-state index in [0.717, 1.165) is 17.7 Å². The van der Waals surface area contributed by atoms with Gasteiger partial charge in [0.05, 0.1) is 5.75 Å². The maximum Gasteiger partial charge on any atom is 0.230 e. The van der Waals surface area contributed by atoms with Crippen LogP contribution in [0.5, 0.6) is 0 Å². The second-order valence-corrected chi connectivity index (χ2v) is 6.24. The Morgan fingerprint density at radius 2 is 1.77 bits per heavy atom. The van der Waals surface area contributed by atoms with Crippen LogP contribution in [0.15, 0.2) is 53.4 Å². The fourth-order valence-electron chi connectivity index (χ4n) is 2.32. The molecule has 2 aromatic rings. The number of thioether (sulfide) groups is 1. The van der Waals surface area contributed by atoms with E-state index >= 15 is 0 Å². The smallest absolute Gasteiger partial charge is 0.230 e. The predicted octanol–water partition coefficient (Wildman–Crippen LogP) is 4.22. The number of carbonyl (C=O) groups is 1. The summed E-state index contributed by atoms with van der Waals surface area (Å²) in [5, 5.41) is 3.04. The first-order chi connectivity index (χ1) is 10.7. The lowest BCUT2D eigenvalue weighted by atomic mass is 10.0. The zero-order valence-corrected chi connectivity index (χ0v) is 14.1. The molecule has 2 aromatic carbocycles. The van der Waals surface area contributed by atoms with Crippen LogP contribution in [0, 0.1) is 0 Å². The number of carbonyl (C=O) groups excluding carboxylic acids is 1. The summed E-state index contributed by atoms with van der Waals surface area (Å²) in [6.07, 6.45) is 2.02. The van der Waals surface area contributed by atoms with Crippen LogP contribution in [-0.4, -0.2) is 11.7 Å². The summed E-state index contributed by atoms with van der Waals surface area (Å²) in [6, 6.07) is 16.6. The molecule has 2 rings (SSSR count). The minimum atomic E-state index is 0.0813. The fourth-order valence-corrected chi connectivity index (χ4v) is 3.07. The van der Waals surface area contributed by atoms with E-state index in [9.17, 15) is 4.79 Å². The van der Waals surface area contributed by atoms with Crippen LogP contribution in [0.2, 0.25) is 0 Å². The zero-order chi connectivity index (χ0) is 15.8. The molecule has 1 amide bonds. The van der Waals surface area contributed by atoms with Crippen molar-refractivity contribution >= 4 is 17.7 Å². The highest BCUT2D eigenvalue weighted by molar-refractivity contribution is 8.00. The van der Waals surface area contributed by atoms with Crippen LogP contribution < -0.4 is 5.32 Å². The second kappa shape index (κ2) is 8.64. The van der Waals surface area contributed by atoms with Gasteiger partial charge in [-0.15, -0.1) is 11.8 Å². The van der Waals surface area contributed by atoms with E-state index in [4.69, 9.17) is 0 Å². The Kier molecular flexibility index (Phi) is 6.53. The minimum Gasteiger partial charge on any atom is -0.351 e. The highest BCUT2D eigenvalue weighted by atomic mass is 32.2. The third kappa shape index (κ3) is 4.92. The molecule has 116 valence electrons. The molecule has 0 aliphatic heterocycles. The fraction of sp³-hybridized carbons (Fsp3) is 0.316. The first-order valence-corrected chi connectivity index (χ1v) is 8.76. The van der Waals surface area contributed by atoms with Gasteiger partial charge in [0.1, 0.15) is 0 Å². The number of hydrogen-bond donors (Lipinski definition) is 1. The van der Waals surface area contributed by atoms with E-state index in [1.807, 2.05) is 30.3 Å². The standard InChI is InChI=1S/C19H23NOS/c1-3-15-10-11-16(4-2)17(12-15)13-20-19(21)14-22-18-8-6-5-7-9-18/h5-12H,3-4,13-14H2,1-2H3,(H,20,21). The summed E-state index contributed by atoms with van der Waals surface area (Å²) in [5.74, 6) is 0.539. The van der Waals surface area contributed by atoms with Crippen LogP contribution in [0.25, 0.3) is 0 Å². The van der Waals surface area contributed by atoms with Crippen molar-refractivity contribution in [3.63, 3.8) is 0 Å². The summed E-state index contributed by atoms with van der Waals surface area (Å²) in [7, 11) is 0. The average molecular weight is 313 g/mol. The van der Waals surface area contributed by atoms with Gasteiger partial charge in [-0.1, -0.05) is 50.2 Å². The van der Waals surface area contributed by atoms with Gasteiger partial charge >= 0.3 is 0 Å². The Bertz CT molecular complexity index is 610. The molecule has 0 aromatic heterocycles. The number of aryl methyl sites for hydroxylation is 2. The number of benzene rings is 2. The van der Waals surface area contributed by atoms with Crippen molar-refractivity contribution in [3.8, 4) is 0 Å². The predicted molar refractivity (Wildman–Crippen MR) is 94.2 cm³/mol. The van der Waals surface area contributed by atoms with E-state index in [1.165, 1.54) is 16.7 Å². The Labute approximate surface area is 137 Å². The number of hydrogen-bond acceptors (Lipinski definition) is 2. The van der Waals surface area contributed by atoms with Gasteiger partial charge in [-0.3, -0.25) is 4.79 Å². The highest BCUT2D eigenvalue weighted by Crippen LogP contribution is 2.17.